The van der Waals surface area contributed by atoms with E-state index in [0.717, 1.165) is 6.08 Å². The van der Waals surface area contributed by atoms with Crippen LogP contribution in [0.4, 0.5) is 0 Å². The number of hydrogen-bond acceptors (Lipinski definition) is 3. The summed E-state index contributed by atoms with van der Waals surface area (Å²) < 4.78 is 17.4. The predicted molar refractivity (Wildman–Crippen MR) is 67.9 cm³/mol. The molecule has 1 N–H and O–H groups in total. The average Bonchev–Trinajstić information content (AvgIpc) is 2.27. The second-order valence-electron chi connectivity index (χ2n) is 3.53. The fourth-order valence-corrected chi connectivity index (χ4v) is 2.75. The third-order valence-corrected chi connectivity index (χ3v) is 4.10. The Morgan fingerprint density at radius 1 is 1.53 bits per heavy atom. The molecule has 0 spiro atoms. The lowest BCUT2D eigenvalue weighted by molar-refractivity contribution is -0.131. The van der Waals surface area contributed by atoms with E-state index >= 15 is 0 Å². The Morgan fingerprint density at radius 3 is 2.82 bits per heavy atom. The number of carbonyl (C=O) groups is 1. The summed E-state index contributed by atoms with van der Waals surface area (Å²) in [7, 11) is -2.80. The van der Waals surface area contributed by atoms with Gasteiger partial charge in [-0.1, -0.05) is 12.1 Å². The van der Waals surface area contributed by atoms with Crippen molar-refractivity contribution in [1.29, 1.82) is 0 Å². The molecule has 1 atom stereocenters. The van der Waals surface area contributed by atoms with Crippen LogP contribution in [0, 0.1) is 0 Å². The van der Waals surface area contributed by atoms with Gasteiger partial charge in [0.1, 0.15) is 0 Å². The topological polar surface area (TPSA) is 63.6 Å². The van der Waals surface area contributed by atoms with Crippen molar-refractivity contribution in [3.63, 3.8) is 0 Å². The normalized spacial score (nSPS) is 14.7. The largest absolute Gasteiger partial charge is 0.478 e. The maximum absolute atomic E-state index is 12.1. The average molecular weight is 254 g/mol. The first-order chi connectivity index (χ1) is 7.95. The molecule has 92 valence electrons. The monoisotopic (exact) mass is 254 g/mol. The zero-order valence-corrected chi connectivity index (χ0v) is 10.7. The highest BCUT2D eigenvalue weighted by Gasteiger charge is 2.18. The Kier molecular flexibility index (Phi) is 4.67. The van der Waals surface area contributed by atoms with Gasteiger partial charge in [0.25, 0.3) is 0 Å². The summed E-state index contributed by atoms with van der Waals surface area (Å²) >= 11 is 0. The van der Waals surface area contributed by atoms with Crippen molar-refractivity contribution in [3.8, 4) is 0 Å². The van der Waals surface area contributed by atoms with Gasteiger partial charge in [-0.05, 0) is 30.7 Å². The molecule has 0 heterocycles. The lowest BCUT2D eigenvalue weighted by Gasteiger charge is -2.13. The van der Waals surface area contributed by atoms with Crippen LogP contribution in [-0.2, 0) is 13.9 Å². The number of aliphatic carboxylic acids is 1. The van der Waals surface area contributed by atoms with Crippen LogP contribution in [0.3, 0.4) is 0 Å². The maximum atomic E-state index is 12.1. The van der Waals surface area contributed by atoms with E-state index in [1.165, 1.54) is 6.08 Å². The van der Waals surface area contributed by atoms with Crippen molar-refractivity contribution < 1.29 is 19.0 Å². The molecule has 0 saturated carbocycles. The van der Waals surface area contributed by atoms with Crippen LogP contribution in [0.2, 0.25) is 0 Å². The van der Waals surface area contributed by atoms with E-state index in [9.17, 15) is 9.36 Å². The molecule has 0 fully saturated rings. The van der Waals surface area contributed by atoms with Crippen LogP contribution in [0.1, 0.15) is 12.5 Å². The molecule has 0 radical (unpaired) electrons. The second kappa shape index (κ2) is 5.80. The molecule has 0 aromatic heterocycles. The van der Waals surface area contributed by atoms with Crippen LogP contribution in [-0.4, -0.2) is 24.3 Å². The van der Waals surface area contributed by atoms with Crippen LogP contribution < -0.4 is 5.30 Å². The molecule has 1 unspecified atom stereocenters. The Labute approximate surface area is 100 Å². The summed E-state index contributed by atoms with van der Waals surface area (Å²) in [5.41, 5.74) is 0.687. The standard InChI is InChI=1S/C12H15O4P/c1-3-16-17(2,15)11-6-4-5-10(9-11)7-8-12(13)14/h4-9H,3H2,1-2H3,(H,13,14)/b8-7+. The van der Waals surface area contributed by atoms with Gasteiger partial charge in [0.2, 0.25) is 7.37 Å². The van der Waals surface area contributed by atoms with E-state index in [2.05, 4.69) is 0 Å². The van der Waals surface area contributed by atoms with Crippen molar-refractivity contribution in [3.05, 3.63) is 35.9 Å². The maximum Gasteiger partial charge on any atom is 0.328 e. The van der Waals surface area contributed by atoms with Crippen LogP contribution >= 0.6 is 7.37 Å². The van der Waals surface area contributed by atoms with E-state index in [-0.39, 0.29) is 0 Å². The molecule has 0 bridgehead atoms. The Hall–Kier alpha value is -1.38. The smallest absolute Gasteiger partial charge is 0.328 e. The SMILES string of the molecule is CCOP(C)(=O)c1cccc(/C=C/C(=O)O)c1. The molecule has 17 heavy (non-hydrogen) atoms. The first-order valence-electron chi connectivity index (χ1n) is 5.19. The van der Waals surface area contributed by atoms with Gasteiger partial charge in [-0.2, -0.15) is 0 Å². The highest BCUT2D eigenvalue weighted by molar-refractivity contribution is 7.66. The highest BCUT2D eigenvalue weighted by Crippen LogP contribution is 2.41. The summed E-state index contributed by atoms with van der Waals surface area (Å²) in [6.07, 6.45) is 2.50. The third-order valence-electron chi connectivity index (χ3n) is 2.13. The molecular weight excluding hydrogens is 239 g/mol. The first-order valence-corrected chi connectivity index (χ1v) is 7.26. The molecule has 1 aromatic rings. The van der Waals surface area contributed by atoms with Gasteiger partial charge >= 0.3 is 5.97 Å². The lowest BCUT2D eigenvalue weighted by atomic mass is 10.2. The van der Waals surface area contributed by atoms with Gasteiger partial charge in [0.05, 0.1) is 6.61 Å². The van der Waals surface area contributed by atoms with Crippen molar-refractivity contribution in [2.75, 3.05) is 13.3 Å². The van der Waals surface area contributed by atoms with Gasteiger partial charge in [-0.3, -0.25) is 4.57 Å². The Bertz CT molecular complexity index is 479. The minimum absolute atomic E-state index is 0.378. The van der Waals surface area contributed by atoms with Crippen molar-refractivity contribution in [2.45, 2.75) is 6.92 Å². The van der Waals surface area contributed by atoms with E-state index < -0.39 is 13.3 Å². The highest BCUT2D eigenvalue weighted by atomic mass is 31.2. The van der Waals surface area contributed by atoms with Crippen LogP contribution in [0.25, 0.3) is 6.08 Å². The van der Waals surface area contributed by atoms with Gasteiger partial charge in [0, 0.05) is 18.0 Å². The minimum atomic E-state index is -2.80. The summed E-state index contributed by atoms with van der Waals surface area (Å²) in [5, 5.41) is 9.11. The molecule has 0 aliphatic carbocycles. The van der Waals surface area contributed by atoms with E-state index in [0.29, 0.717) is 17.5 Å². The van der Waals surface area contributed by atoms with Gasteiger partial charge < -0.3 is 9.63 Å². The van der Waals surface area contributed by atoms with Gasteiger partial charge in [-0.25, -0.2) is 4.79 Å². The van der Waals surface area contributed by atoms with E-state index in [1.807, 2.05) is 0 Å². The fraction of sp³-hybridized carbons (Fsp3) is 0.250. The van der Waals surface area contributed by atoms with Crippen LogP contribution in [0.15, 0.2) is 30.3 Å². The number of carboxylic acids is 1. The predicted octanol–water partition coefficient (Wildman–Crippen LogP) is 2.35. The second-order valence-corrected chi connectivity index (χ2v) is 6.00. The summed E-state index contributed by atoms with van der Waals surface area (Å²) in [4.78, 5) is 10.4. The zero-order chi connectivity index (χ0) is 12.9. The Morgan fingerprint density at radius 2 is 2.24 bits per heavy atom. The molecule has 1 aromatic carbocycles. The van der Waals surface area contributed by atoms with Gasteiger partial charge in [-0.15, -0.1) is 0 Å². The van der Waals surface area contributed by atoms with Crippen molar-refractivity contribution in [2.24, 2.45) is 0 Å². The summed E-state index contributed by atoms with van der Waals surface area (Å²) in [6.45, 7) is 3.71. The number of benzene rings is 1. The van der Waals surface area contributed by atoms with E-state index in [4.69, 9.17) is 9.63 Å². The molecule has 0 aliphatic heterocycles. The summed E-state index contributed by atoms with van der Waals surface area (Å²) in [6, 6.07) is 6.87. The fourth-order valence-electron chi connectivity index (χ4n) is 1.37. The number of rotatable bonds is 5. The van der Waals surface area contributed by atoms with Crippen molar-refractivity contribution >= 4 is 24.7 Å². The minimum Gasteiger partial charge on any atom is -0.478 e. The van der Waals surface area contributed by atoms with E-state index in [1.54, 1.807) is 37.9 Å². The molecule has 4 nitrogen and oxygen atoms in total. The van der Waals surface area contributed by atoms with Crippen LogP contribution in [0.5, 0.6) is 0 Å². The Balaban J connectivity index is 3.01. The summed E-state index contributed by atoms with van der Waals surface area (Å²) in [5.74, 6) is -1.01. The lowest BCUT2D eigenvalue weighted by Crippen LogP contribution is -2.06. The molecule has 0 amide bonds. The van der Waals surface area contributed by atoms with Gasteiger partial charge in [0.15, 0.2) is 0 Å². The molecule has 1 rings (SSSR count). The van der Waals surface area contributed by atoms with Crippen molar-refractivity contribution in [1.82, 2.24) is 0 Å². The quantitative estimate of drug-likeness (QED) is 0.647. The zero-order valence-electron chi connectivity index (χ0n) is 9.79. The number of carboxylic acid groups (broad SMARTS) is 1. The molecular formula is C12H15O4P. The first kappa shape index (κ1) is 13.7. The number of hydrogen-bond donors (Lipinski definition) is 1. The molecule has 0 aliphatic rings. The third kappa shape index (κ3) is 4.17. The molecule has 0 saturated heterocycles. The molecule has 5 heteroatoms.